The summed E-state index contributed by atoms with van der Waals surface area (Å²) in [7, 11) is 1.58. The van der Waals surface area contributed by atoms with Crippen molar-refractivity contribution >= 4 is 22.8 Å². The Morgan fingerprint density at radius 2 is 2.17 bits per heavy atom. The van der Waals surface area contributed by atoms with E-state index in [-0.39, 0.29) is 5.91 Å². The van der Waals surface area contributed by atoms with E-state index in [1.165, 1.54) is 19.3 Å². The van der Waals surface area contributed by atoms with Gasteiger partial charge < -0.3 is 14.8 Å². The van der Waals surface area contributed by atoms with Crippen molar-refractivity contribution in [3.8, 4) is 11.5 Å². The molecular formula is C17H24N2O3S. The van der Waals surface area contributed by atoms with Gasteiger partial charge in [0.2, 0.25) is 0 Å². The molecule has 1 aromatic carbocycles. The van der Waals surface area contributed by atoms with Crippen LogP contribution in [0.3, 0.4) is 0 Å². The van der Waals surface area contributed by atoms with E-state index in [2.05, 4.69) is 17.2 Å². The number of nitrogens with zero attached hydrogens (tertiary/aromatic N) is 1. The van der Waals surface area contributed by atoms with Gasteiger partial charge in [0.05, 0.1) is 20.3 Å². The van der Waals surface area contributed by atoms with Crippen molar-refractivity contribution in [3.05, 3.63) is 23.8 Å². The summed E-state index contributed by atoms with van der Waals surface area (Å²) in [6, 6.07) is 5.24. The minimum Gasteiger partial charge on any atom is -0.493 e. The first-order valence-electron chi connectivity index (χ1n) is 8.04. The molecule has 1 heterocycles. The lowest BCUT2D eigenvalue weighted by atomic mass is 10.2. The fourth-order valence-electron chi connectivity index (χ4n) is 2.22. The monoisotopic (exact) mass is 336 g/mol. The molecular weight excluding hydrogens is 312 g/mol. The molecule has 0 atom stereocenters. The molecule has 0 bridgehead atoms. The fourth-order valence-corrected chi connectivity index (χ4v) is 2.94. The van der Waals surface area contributed by atoms with Crippen molar-refractivity contribution in [2.45, 2.75) is 32.6 Å². The summed E-state index contributed by atoms with van der Waals surface area (Å²) in [5, 5.41) is 3.50. The van der Waals surface area contributed by atoms with Crippen LogP contribution < -0.4 is 14.8 Å². The molecule has 1 aliphatic rings. The molecule has 1 N–H and O–H groups in total. The van der Waals surface area contributed by atoms with Crippen molar-refractivity contribution in [1.29, 1.82) is 0 Å². The number of carbonyl (C=O) groups is 1. The number of ether oxygens (including phenoxy) is 2. The van der Waals surface area contributed by atoms with Gasteiger partial charge in [0.25, 0.3) is 5.91 Å². The molecule has 0 fully saturated rings. The van der Waals surface area contributed by atoms with Crippen LogP contribution in [0.5, 0.6) is 11.5 Å². The van der Waals surface area contributed by atoms with Gasteiger partial charge in [-0.2, -0.15) is 0 Å². The first kappa shape index (κ1) is 17.7. The summed E-state index contributed by atoms with van der Waals surface area (Å²) < 4.78 is 11.1. The normalized spacial score (nSPS) is 13.6. The van der Waals surface area contributed by atoms with Gasteiger partial charge in [-0.15, -0.1) is 0 Å². The van der Waals surface area contributed by atoms with Crippen LogP contribution in [0.2, 0.25) is 0 Å². The average Bonchev–Trinajstić information content (AvgIpc) is 3.07. The zero-order valence-electron chi connectivity index (χ0n) is 13.8. The highest BCUT2D eigenvalue weighted by molar-refractivity contribution is 8.14. The number of aliphatic imine (C=N–C) groups is 1. The number of carbonyl (C=O) groups excluding carboxylic acids is 1. The van der Waals surface area contributed by atoms with E-state index in [1.807, 2.05) is 0 Å². The van der Waals surface area contributed by atoms with Gasteiger partial charge in [0, 0.05) is 11.3 Å². The van der Waals surface area contributed by atoms with Crippen LogP contribution in [0.1, 0.15) is 43.0 Å². The topological polar surface area (TPSA) is 59.9 Å². The number of amidine groups is 1. The lowest BCUT2D eigenvalue weighted by Crippen LogP contribution is -2.27. The quantitative estimate of drug-likeness (QED) is 0.738. The minimum atomic E-state index is -0.175. The number of benzene rings is 1. The van der Waals surface area contributed by atoms with Gasteiger partial charge in [0.1, 0.15) is 0 Å². The van der Waals surface area contributed by atoms with E-state index in [1.54, 1.807) is 37.1 Å². The Labute approximate surface area is 141 Å². The van der Waals surface area contributed by atoms with Crippen LogP contribution in [-0.4, -0.2) is 37.1 Å². The Kier molecular flexibility index (Phi) is 7.26. The van der Waals surface area contributed by atoms with Crippen molar-refractivity contribution in [2.24, 2.45) is 4.99 Å². The molecule has 0 saturated carbocycles. The molecule has 5 nitrogen and oxygen atoms in total. The van der Waals surface area contributed by atoms with Crippen molar-refractivity contribution in [2.75, 3.05) is 26.0 Å². The number of hydrogen-bond donors (Lipinski definition) is 1. The van der Waals surface area contributed by atoms with Gasteiger partial charge >= 0.3 is 0 Å². The van der Waals surface area contributed by atoms with E-state index < -0.39 is 0 Å². The van der Waals surface area contributed by atoms with Crippen LogP contribution in [-0.2, 0) is 0 Å². The zero-order chi connectivity index (χ0) is 16.5. The average molecular weight is 336 g/mol. The SMILES string of the molecule is CCCCCCOc1ccc(C(=O)NC2=NCCS2)cc1OC. The third-order valence-electron chi connectivity index (χ3n) is 3.49. The summed E-state index contributed by atoms with van der Waals surface area (Å²) in [6.07, 6.45) is 4.62. The maximum atomic E-state index is 12.2. The van der Waals surface area contributed by atoms with Crippen LogP contribution >= 0.6 is 11.8 Å². The molecule has 0 radical (unpaired) electrons. The highest BCUT2D eigenvalue weighted by atomic mass is 32.2. The van der Waals surface area contributed by atoms with E-state index in [0.29, 0.717) is 28.8 Å². The molecule has 23 heavy (non-hydrogen) atoms. The van der Waals surface area contributed by atoms with Crippen LogP contribution in [0.4, 0.5) is 0 Å². The third-order valence-corrected chi connectivity index (χ3v) is 4.38. The van der Waals surface area contributed by atoms with Crippen LogP contribution in [0.25, 0.3) is 0 Å². The molecule has 126 valence electrons. The van der Waals surface area contributed by atoms with Gasteiger partial charge in [-0.3, -0.25) is 9.79 Å². The number of thioether (sulfide) groups is 1. The number of nitrogens with one attached hydrogen (secondary N) is 1. The standard InChI is InChI=1S/C17H24N2O3S/c1-3-4-5-6-10-22-14-8-7-13(12-15(14)21-2)16(20)19-17-18-9-11-23-17/h7-8,12H,3-6,9-11H2,1-2H3,(H,18,19,20). The molecule has 0 saturated heterocycles. The second kappa shape index (κ2) is 9.45. The highest BCUT2D eigenvalue weighted by Crippen LogP contribution is 2.28. The van der Waals surface area contributed by atoms with Gasteiger partial charge in [-0.1, -0.05) is 37.9 Å². The largest absolute Gasteiger partial charge is 0.493 e. The molecule has 2 rings (SSSR count). The van der Waals surface area contributed by atoms with Crippen molar-refractivity contribution in [1.82, 2.24) is 5.32 Å². The summed E-state index contributed by atoms with van der Waals surface area (Å²) in [4.78, 5) is 16.4. The lowest BCUT2D eigenvalue weighted by molar-refractivity contribution is 0.0977. The van der Waals surface area contributed by atoms with Crippen LogP contribution in [0, 0.1) is 0 Å². The van der Waals surface area contributed by atoms with Gasteiger partial charge in [-0.25, -0.2) is 0 Å². The maximum absolute atomic E-state index is 12.2. The van der Waals surface area contributed by atoms with Crippen molar-refractivity contribution in [3.63, 3.8) is 0 Å². The van der Waals surface area contributed by atoms with E-state index in [4.69, 9.17) is 9.47 Å². The molecule has 1 aromatic rings. The van der Waals surface area contributed by atoms with Crippen LogP contribution in [0.15, 0.2) is 23.2 Å². The first-order chi connectivity index (χ1) is 11.2. The lowest BCUT2D eigenvalue weighted by Gasteiger charge is -2.12. The molecule has 1 amide bonds. The Morgan fingerprint density at radius 1 is 1.30 bits per heavy atom. The predicted octanol–water partition coefficient (Wildman–Crippen LogP) is 3.49. The summed E-state index contributed by atoms with van der Waals surface area (Å²) in [5.74, 6) is 2.00. The highest BCUT2D eigenvalue weighted by Gasteiger charge is 2.15. The van der Waals surface area contributed by atoms with E-state index >= 15 is 0 Å². The summed E-state index contributed by atoms with van der Waals surface area (Å²) >= 11 is 1.56. The summed E-state index contributed by atoms with van der Waals surface area (Å²) in [5.41, 5.74) is 0.537. The maximum Gasteiger partial charge on any atom is 0.257 e. The van der Waals surface area contributed by atoms with Gasteiger partial charge in [-0.05, 0) is 24.6 Å². The second-order valence-electron chi connectivity index (χ2n) is 5.26. The third kappa shape index (κ3) is 5.46. The number of rotatable bonds is 8. The molecule has 0 spiro atoms. The fraction of sp³-hybridized carbons (Fsp3) is 0.529. The predicted molar refractivity (Wildman–Crippen MR) is 94.9 cm³/mol. The molecule has 0 aromatic heterocycles. The Balaban J connectivity index is 1.93. The minimum absolute atomic E-state index is 0.175. The van der Waals surface area contributed by atoms with Crippen molar-refractivity contribution < 1.29 is 14.3 Å². The first-order valence-corrected chi connectivity index (χ1v) is 9.02. The Morgan fingerprint density at radius 3 is 2.87 bits per heavy atom. The number of hydrogen-bond acceptors (Lipinski definition) is 5. The smallest absolute Gasteiger partial charge is 0.257 e. The number of methoxy groups -OCH3 is 1. The second-order valence-corrected chi connectivity index (χ2v) is 6.35. The Hall–Kier alpha value is -1.69. The van der Waals surface area contributed by atoms with E-state index in [9.17, 15) is 4.79 Å². The Bertz CT molecular complexity index is 561. The molecule has 6 heteroatoms. The molecule has 0 aliphatic carbocycles. The number of unbranched alkanes of at least 4 members (excludes halogenated alkanes) is 3. The molecule has 1 aliphatic heterocycles. The summed E-state index contributed by atoms with van der Waals surface area (Å²) in [6.45, 7) is 3.60. The molecule has 0 unspecified atom stereocenters. The number of amides is 1. The van der Waals surface area contributed by atoms with Gasteiger partial charge in [0.15, 0.2) is 16.7 Å². The van der Waals surface area contributed by atoms with E-state index in [0.717, 1.165) is 18.7 Å². The zero-order valence-corrected chi connectivity index (χ0v) is 14.6.